The normalized spacial score (nSPS) is 23.0. The molecule has 1 aliphatic heterocycles. The molecule has 1 aliphatic rings. The number of hydrogen-bond acceptors (Lipinski definition) is 2. The Balaban J connectivity index is 2.24. The molecule has 1 rings (SSSR count). The molecule has 1 unspecified atom stereocenters. The van der Waals surface area contributed by atoms with Crippen molar-refractivity contribution >= 4 is 0 Å². The standard InChI is InChI=1S/C10H21NO/c1-8(2)7-10(11)9-3-5-12-6-4-9/h8-10H,3-7,11H2,1-2H3. The van der Waals surface area contributed by atoms with Crippen molar-refractivity contribution in [2.24, 2.45) is 17.6 Å². The summed E-state index contributed by atoms with van der Waals surface area (Å²) in [5.41, 5.74) is 6.09. The van der Waals surface area contributed by atoms with Crippen molar-refractivity contribution < 1.29 is 4.74 Å². The molecule has 1 heterocycles. The van der Waals surface area contributed by atoms with E-state index in [1.54, 1.807) is 0 Å². The fraction of sp³-hybridized carbons (Fsp3) is 1.00. The average molecular weight is 171 g/mol. The molecule has 2 nitrogen and oxygen atoms in total. The zero-order valence-electron chi connectivity index (χ0n) is 8.25. The molecule has 0 spiro atoms. The summed E-state index contributed by atoms with van der Waals surface area (Å²) >= 11 is 0. The van der Waals surface area contributed by atoms with Gasteiger partial charge in [-0.15, -0.1) is 0 Å². The Labute approximate surface area is 75.5 Å². The Bertz CT molecular complexity index is 119. The Hall–Kier alpha value is -0.0800. The summed E-state index contributed by atoms with van der Waals surface area (Å²) < 4.78 is 5.30. The predicted molar refractivity (Wildman–Crippen MR) is 51.0 cm³/mol. The summed E-state index contributed by atoms with van der Waals surface area (Å²) in [6.45, 7) is 6.30. The molecule has 0 radical (unpaired) electrons. The van der Waals surface area contributed by atoms with Crippen molar-refractivity contribution in [2.75, 3.05) is 13.2 Å². The van der Waals surface area contributed by atoms with Gasteiger partial charge in [0.05, 0.1) is 0 Å². The first kappa shape index (κ1) is 10.0. The quantitative estimate of drug-likeness (QED) is 0.702. The molecule has 0 aromatic heterocycles. The third kappa shape index (κ3) is 3.11. The number of nitrogens with two attached hydrogens (primary N) is 1. The van der Waals surface area contributed by atoms with E-state index in [1.165, 1.54) is 0 Å². The fourth-order valence-electron chi connectivity index (χ4n) is 1.88. The van der Waals surface area contributed by atoms with E-state index < -0.39 is 0 Å². The predicted octanol–water partition coefficient (Wildman–Crippen LogP) is 1.79. The molecule has 2 N–H and O–H groups in total. The van der Waals surface area contributed by atoms with Gasteiger partial charge in [-0.3, -0.25) is 0 Å². The van der Waals surface area contributed by atoms with Gasteiger partial charge in [-0.05, 0) is 31.1 Å². The minimum Gasteiger partial charge on any atom is -0.381 e. The van der Waals surface area contributed by atoms with E-state index in [2.05, 4.69) is 13.8 Å². The zero-order valence-corrected chi connectivity index (χ0v) is 8.25. The van der Waals surface area contributed by atoms with Gasteiger partial charge in [-0.2, -0.15) is 0 Å². The maximum absolute atomic E-state index is 6.09. The molecule has 1 saturated heterocycles. The summed E-state index contributed by atoms with van der Waals surface area (Å²) in [5, 5.41) is 0. The smallest absolute Gasteiger partial charge is 0.0469 e. The van der Waals surface area contributed by atoms with E-state index in [4.69, 9.17) is 10.5 Å². The monoisotopic (exact) mass is 171 g/mol. The van der Waals surface area contributed by atoms with Crippen molar-refractivity contribution in [3.05, 3.63) is 0 Å². The Morgan fingerprint density at radius 3 is 2.42 bits per heavy atom. The average Bonchev–Trinajstić information content (AvgIpc) is 2.05. The molecule has 0 aromatic rings. The van der Waals surface area contributed by atoms with Crippen molar-refractivity contribution in [1.82, 2.24) is 0 Å². The summed E-state index contributed by atoms with van der Waals surface area (Å²) in [5.74, 6) is 1.43. The second kappa shape index (κ2) is 4.83. The minimum absolute atomic E-state index is 0.397. The highest BCUT2D eigenvalue weighted by Crippen LogP contribution is 2.21. The molecular formula is C10H21NO. The van der Waals surface area contributed by atoms with Crippen LogP contribution in [0.1, 0.15) is 33.1 Å². The van der Waals surface area contributed by atoms with Gasteiger partial charge in [-0.25, -0.2) is 0 Å². The van der Waals surface area contributed by atoms with E-state index in [9.17, 15) is 0 Å². The molecule has 1 atom stereocenters. The molecule has 12 heavy (non-hydrogen) atoms. The van der Waals surface area contributed by atoms with Gasteiger partial charge in [0.2, 0.25) is 0 Å². The highest BCUT2D eigenvalue weighted by Gasteiger charge is 2.21. The first-order valence-electron chi connectivity index (χ1n) is 5.03. The van der Waals surface area contributed by atoms with Crippen molar-refractivity contribution in [3.8, 4) is 0 Å². The van der Waals surface area contributed by atoms with E-state index in [-0.39, 0.29) is 0 Å². The third-order valence-electron chi connectivity index (χ3n) is 2.62. The lowest BCUT2D eigenvalue weighted by molar-refractivity contribution is 0.0561. The van der Waals surface area contributed by atoms with Crippen LogP contribution in [-0.2, 0) is 4.74 Å². The van der Waals surface area contributed by atoms with Crippen molar-refractivity contribution in [1.29, 1.82) is 0 Å². The van der Waals surface area contributed by atoms with Crippen LogP contribution in [0.15, 0.2) is 0 Å². The van der Waals surface area contributed by atoms with Gasteiger partial charge in [0.25, 0.3) is 0 Å². The molecular weight excluding hydrogens is 150 g/mol. The van der Waals surface area contributed by atoms with Crippen LogP contribution in [0.25, 0.3) is 0 Å². The molecule has 0 aromatic carbocycles. The van der Waals surface area contributed by atoms with Crippen LogP contribution in [0.5, 0.6) is 0 Å². The molecule has 1 fully saturated rings. The molecule has 0 bridgehead atoms. The minimum atomic E-state index is 0.397. The molecule has 0 saturated carbocycles. The van der Waals surface area contributed by atoms with Crippen molar-refractivity contribution in [3.63, 3.8) is 0 Å². The second-order valence-electron chi connectivity index (χ2n) is 4.24. The summed E-state index contributed by atoms with van der Waals surface area (Å²) in [4.78, 5) is 0. The van der Waals surface area contributed by atoms with Crippen LogP contribution in [0.4, 0.5) is 0 Å². The summed E-state index contributed by atoms with van der Waals surface area (Å²) in [7, 11) is 0. The van der Waals surface area contributed by atoms with Gasteiger partial charge in [0.1, 0.15) is 0 Å². The fourth-order valence-corrected chi connectivity index (χ4v) is 1.88. The van der Waals surface area contributed by atoms with Crippen LogP contribution in [-0.4, -0.2) is 19.3 Å². The Morgan fingerprint density at radius 1 is 1.33 bits per heavy atom. The van der Waals surface area contributed by atoms with Gasteiger partial charge >= 0.3 is 0 Å². The molecule has 0 amide bonds. The number of hydrogen-bond donors (Lipinski definition) is 1. The van der Waals surface area contributed by atoms with Crippen LogP contribution in [0.3, 0.4) is 0 Å². The maximum Gasteiger partial charge on any atom is 0.0469 e. The number of ether oxygens (including phenoxy) is 1. The van der Waals surface area contributed by atoms with Crippen molar-refractivity contribution in [2.45, 2.75) is 39.2 Å². The lowest BCUT2D eigenvalue weighted by Gasteiger charge is -2.28. The van der Waals surface area contributed by atoms with E-state index in [0.29, 0.717) is 12.0 Å². The Kier molecular flexibility index (Phi) is 4.02. The van der Waals surface area contributed by atoms with Crippen LogP contribution in [0.2, 0.25) is 0 Å². The van der Waals surface area contributed by atoms with Gasteiger partial charge in [0.15, 0.2) is 0 Å². The van der Waals surface area contributed by atoms with E-state index >= 15 is 0 Å². The second-order valence-corrected chi connectivity index (χ2v) is 4.24. The largest absolute Gasteiger partial charge is 0.381 e. The SMILES string of the molecule is CC(C)CC(N)C1CCOCC1. The number of rotatable bonds is 3. The van der Waals surface area contributed by atoms with Gasteiger partial charge < -0.3 is 10.5 Å². The lowest BCUT2D eigenvalue weighted by atomic mass is 9.87. The van der Waals surface area contributed by atoms with Crippen LogP contribution < -0.4 is 5.73 Å². The molecule has 0 aliphatic carbocycles. The van der Waals surface area contributed by atoms with Gasteiger partial charge in [-0.1, -0.05) is 13.8 Å². The summed E-state index contributed by atoms with van der Waals surface area (Å²) in [6.07, 6.45) is 3.48. The molecule has 72 valence electrons. The van der Waals surface area contributed by atoms with Crippen LogP contribution in [0, 0.1) is 11.8 Å². The topological polar surface area (TPSA) is 35.2 Å². The van der Waals surface area contributed by atoms with E-state index in [1.807, 2.05) is 0 Å². The van der Waals surface area contributed by atoms with E-state index in [0.717, 1.165) is 38.4 Å². The highest BCUT2D eigenvalue weighted by molar-refractivity contribution is 4.76. The summed E-state index contributed by atoms with van der Waals surface area (Å²) in [6, 6.07) is 0.397. The van der Waals surface area contributed by atoms with Crippen LogP contribution >= 0.6 is 0 Å². The zero-order chi connectivity index (χ0) is 8.97. The third-order valence-corrected chi connectivity index (χ3v) is 2.62. The molecule has 2 heteroatoms. The van der Waals surface area contributed by atoms with Gasteiger partial charge in [0, 0.05) is 19.3 Å². The lowest BCUT2D eigenvalue weighted by Crippen LogP contribution is -2.35. The highest BCUT2D eigenvalue weighted by atomic mass is 16.5. The first-order valence-corrected chi connectivity index (χ1v) is 5.03. The maximum atomic E-state index is 6.09. The Morgan fingerprint density at radius 2 is 1.92 bits per heavy atom. The first-order chi connectivity index (χ1) is 5.70.